The van der Waals surface area contributed by atoms with E-state index in [2.05, 4.69) is 81.3 Å². The second kappa shape index (κ2) is 8.61. The lowest BCUT2D eigenvalue weighted by Gasteiger charge is -2.22. The van der Waals surface area contributed by atoms with Crippen molar-refractivity contribution >= 4 is 0 Å². The van der Waals surface area contributed by atoms with E-state index >= 15 is 0 Å². The fraction of sp³-hybridized carbons (Fsp3) is 0.619. The summed E-state index contributed by atoms with van der Waals surface area (Å²) in [5, 5.41) is 11.9. The molecule has 4 heteroatoms. The highest BCUT2D eigenvalue weighted by molar-refractivity contribution is 5.25. The molecular weight excluding hydrogens is 310 g/mol. The number of aryl methyl sites for hydroxylation is 1. The van der Waals surface area contributed by atoms with Gasteiger partial charge in [-0.1, -0.05) is 72.2 Å². The van der Waals surface area contributed by atoms with Crippen LogP contribution < -0.4 is 5.32 Å². The molecule has 0 saturated heterocycles. The summed E-state index contributed by atoms with van der Waals surface area (Å²) in [6.07, 6.45) is 3.64. The Morgan fingerprint density at radius 3 is 2.28 bits per heavy atom. The van der Waals surface area contributed by atoms with Crippen molar-refractivity contribution in [2.24, 2.45) is 5.92 Å². The molecule has 0 radical (unpaired) electrons. The Morgan fingerprint density at radius 2 is 1.76 bits per heavy atom. The number of benzene rings is 1. The Labute approximate surface area is 152 Å². The molecule has 1 atom stereocenters. The van der Waals surface area contributed by atoms with E-state index in [1.54, 1.807) is 0 Å². The van der Waals surface area contributed by atoms with E-state index in [0.717, 1.165) is 6.42 Å². The predicted octanol–water partition coefficient (Wildman–Crippen LogP) is 5.20. The number of rotatable bonds is 8. The predicted molar refractivity (Wildman–Crippen MR) is 102 cm³/mol. The summed E-state index contributed by atoms with van der Waals surface area (Å²) in [4.78, 5) is 0. The van der Waals surface area contributed by atoms with Crippen molar-refractivity contribution in [1.29, 1.82) is 0 Å². The molecule has 4 nitrogen and oxygen atoms in total. The van der Waals surface area contributed by atoms with Crippen LogP contribution in [0.1, 0.15) is 83.3 Å². The van der Waals surface area contributed by atoms with Gasteiger partial charge in [-0.05, 0) is 29.9 Å². The Bertz CT molecular complexity index is 638. The second-order valence-corrected chi connectivity index (χ2v) is 8.20. The van der Waals surface area contributed by atoms with Crippen LogP contribution >= 0.6 is 0 Å². The molecule has 0 aliphatic heterocycles. The average molecular weight is 344 g/mol. The molecule has 1 unspecified atom stereocenters. The van der Waals surface area contributed by atoms with Crippen LogP contribution in [0.25, 0.3) is 0 Å². The van der Waals surface area contributed by atoms with Crippen molar-refractivity contribution in [3.63, 3.8) is 0 Å². The SMILES string of the molecule is CCCCc1ccc(C(NCc2nnc(C(C)(C)C)o2)C(C)C)cc1. The molecule has 0 spiro atoms. The van der Waals surface area contributed by atoms with Gasteiger partial charge in [-0.2, -0.15) is 0 Å². The zero-order valence-corrected chi connectivity index (χ0v) is 16.6. The molecule has 2 rings (SSSR count). The largest absolute Gasteiger partial charge is 0.423 e. The van der Waals surface area contributed by atoms with Gasteiger partial charge >= 0.3 is 0 Å². The Morgan fingerprint density at radius 1 is 1.08 bits per heavy atom. The fourth-order valence-electron chi connectivity index (χ4n) is 2.84. The summed E-state index contributed by atoms with van der Waals surface area (Å²) in [6, 6.07) is 9.28. The van der Waals surface area contributed by atoms with Gasteiger partial charge in [0, 0.05) is 11.5 Å². The van der Waals surface area contributed by atoms with Gasteiger partial charge in [0.25, 0.3) is 0 Å². The Kier molecular flexibility index (Phi) is 6.77. The van der Waals surface area contributed by atoms with Gasteiger partial charge in [0.05, 0.1) is 6.54 Å². The van der Waals surface area contributed by atoms with Crippen LogP contribution in [0, 0.1) is 5.92 Å². The first-order valence-corrected chi connectivity index (χ1v) is 9.46. The lowest BCUT2D eigenvalue weighted by Crippen LogP contribution is -2.25. The molecule has 1 N–H and O–H groups in total. The van der Waals surface area contributed by atoms with Crippen molar-refractivity contribution in [2.75, 3.05) is 0 Å². The monoisotopic (exact) mass is 343 g/mol. The minimum atomic E-state index is -0.114. The lowest BCUT2D eigenvalue weighted by atomic mass is 9.94. The van der Waals surface area contributed by atoms with Gasteiger partial charge in [-0.15, -0.1) is 10.2 Å². The van der Waals surface area contributed by atoms with Crippen LogP contribution in [-0.4, -0.2) is 10.2 Å². The van der Waals surface area contributed by atoms with Crippen molar-refractivity contribution in [1.82, 2.24) is 15.5 Å². The highest BCUT2D eigenvalue weighted by Gasteiger charge is 2.22. The summed E-state index contributed by atoms with van der Waals surface area (Å²) < 4.78 is 5.79. The molecule has 1 heterocycles. The first-order valence-electron chi connectivity index (χ1n) is 9.46. The third kappa shape index (κ3) is 5.67. The summed E-state index contributed by atoms with van der Waals surface area (Å²) in [5.74, 6) is 1.81. The van der Waals surface area contributed by atoms with Crippen LogP contribution in [0.15, 0.2) is 28.7 Å². The third-order valence-corrected chi connectivity index (χ3v) is 4.41. The second-order valence-electron chi connectivity index (χ2n) is 8.20. The molecule has 0 aliphatic rings. The number of hydrogen-bond acceptors (Lipinski definition) is 4. The molecule has 2 aromatic rings. The Balaban J connectivity index is 2.02. The van der Waals surface area contributed by atoms with Gasteiger partial charge in [0.1, 0.15) is 0 Å². The van der Waals surface area contributed by atoms with E-state index in [4.69, 9.17) is 4.42 Å². The molecule has 138 valence electrons. The molecule has 1 aromatic carbocycles. The van der Waals surface area contributed by atoms with Crippen LogP contribution in [0.5, 0.6) is 0 Å². The van der Waals surface area contributed by atoms with E-state index in [-0.39, 0.29) is 11.5 Å². The van der Waals surface area contributed by atoms with Crippen LogP contribution in [-0.2, 0) is 18.4 Å². The molecule has 0 fully saturated rings. The van der Waals surface area contributed by atoms with Gasteiger partial charge < -0.3 is 9.73 Å². The summed E-state index contributed by atoms with van der Waals surface area (Å²) in [5.41, 5.74) is 2.61. The van der Waals surface area contributed by atoms with E-state index in [9.17, 15) is 0 Å². The summed E-state index contributed by atoms with van der Waals surface area (Å²) in [7, 11) is 0. The maximum absolute atomic E-state index is 5.79. The van der Waals surface area contributed by atoms with Crippen molar-refractivity contribution in [3.05, 3.63) is 47.2 Å². The summed E-state index contributed by atoms with van der Waals surface area (Å²) >= 11 is 0. The molecular formula is C21H33N3O. The minimum absolute atomic E-state index is 0.114. The van der Waals surface area contributed by atoms with Gasteiger partial charge in [0.15, 0.2) is 0 Å². The normalized spacial score (nSPS) is 13.4. The van der Waals surface area contributed by atoms with E-state index in [1.165, 1.54) is 24.0 Å². The highest BCUT2D eigenvalue weighted by Crippen LogP contribution is 2.24. The maximum atomic E-state index is 5.79. The summed E-state index contributed by atoms with van der Waals surface area (Å²) in [6.45, 7) is 13.5. The first-order chi connectivity index (χ1) is 11.8. The van der Waals surface area contributed by atoms with Crippen LogP contribution in [0.2, 0.25) is 0 Å². The minimum Gasteiger partial charge on any atom is -0.423 e. The highest BCUT2D eigenvalue weighted by atomic mass is 16.4. The number of hydrogen-bond donors (Lipinski definition) is 1. The van der Waals surface area contributed by atoms with Crippen molar-refractivity contribution < 1.29 is 4.42 Å². The number of nitrogens with one attached hydrogen (secondary N) is 1. The molecule has 0 amide bonds. The lowest BCUT2D eigenvalue weighted by molar-refractivity contribution is 0.342. The van der Waals surface area contributed by atoms with E-state index < -0.39 is 0 Å². The fourth-order valence-corrected chi connectivity index (χ4v) is 2.84. The number of unbranched alkanes of at least 4 members (excludes halogenated alkanes) is 1. The van der Waals surface area contributed by atoms with Crippen molar-refractivity contribution in [3.8, 4) is 0 Å². The maximum Gasteiger partial charge on any atom is 0.230 e. The number of nitrogens with zero attached hydrogens (tertiary/aromatic N) is 2. The van der Waals surface area contributed by atoms with Crippen molar-refractivity contribution in [2.45, 2.75) is 78.8 Å². The van der Waals surface area contributed by atoms with Crippen LogP contribution in [0.4, 0.5) is 0 Å². The van der Waals surface area contributed by atoms with Gasteiger partial charge in [-0.3, -0.25) is 0 Å². The van der Waals surface area contributed by atoms with Gasteiger partial charge in [-0.25, -0.2) is 0 Å². The molecule has 1 aromatic heterocycles. The topological polar surface area (TPSA) is 51.0 Å². The molecule has 0 bridgehead atoms. The third-order valence-electron chi connectivity index (χ3n) is 4.41. The zero-order chi connectivity index (χ0) is 18.4. The van der Waals surface area contributed by atoms with E-state index in [0.29, 0.717) is 24.2 Å². The zero-order valence-electron chi connectivity index (χ0n) is 16.6. The first kappa shape index (κ1) is 19.6. The Hall–Kier alpha value is -1.68. The molecule has 0 saturated carbocycles. The molecule has 25 heavy (non-hydrogen) atoms. The molecule has 0 aliphatic carbocycles. The smallest absolute Gasteiger partial charge is 0.230 e. The standard InChI is InChI=1S/C21H33N3O/c1-7-8-9-16-10-12-17(13-11-16)19(15(2)3)22-14-18-23-24-20(25-18)21(4,5)6/h10-13,15,19,22H,7-9,14H2,1-6H3. The van der Waals surface area contributed by atoms with Gasteiger partial charge in [0.2, 0.25) is 11.8 Å². The van der Waals surface area contributed by atoms with Crippen LogP contribution in [0.3, 0.4) is 0 Å². The number of aromatic nitrogens is 2. The quantitative estimate of drug-likeness (QED) is 0.716. The van der Waals surface area contributed by atoms with E-state index in [1.807, 2.05) is 0 Å². The average Bonchev–Trinajstić information content (AvgIpc) is 3.03.